The summed E-state index contributed by atoms with van der Waals surface area (Å²) in [6.45, 7) is 9.67. The minimum absolute atomic E-state index is 0.137. The van der Waals surface area contributed by atoms with Crippen LogP contribution >= 0.6 is 0 Å². The number of fused-ring (bicyclic) bond motifs is 1. The fraction of sp³-hybridized carbons (Fsp3) is 0.542. The molecule has 7 heteroatoms. The van der Waals surface area contributed by atoms with Crippen LogP contribution in [0.5, 0.6) is 0 Å². The van der Waals surface area contributed by atoms with Crippen molar-refractivity contribution in [3.8, 4) is 0 Å². The second kappa shape index (κ2) is 10.6. The first-order valence-electron chi connectivity index (χ1n) is 11.1. The summed E-state index contributed by atoms with van der Waals surface area (Å²) < 4.78 is 4.89. The number of hydrogen-bond acceptors (Lipinski definition) is 5. The number of nitrogens with one attached hydrogen (secondary N) is 2. The molecule has 0 radical (unpaired) electrons. The van der Waals surface area contributed by atoms with E-state index in [2.05, 4.69) is 42.4 Å². The van der Waals surface area contributed by atoms with Crippen molar-refractivity contribution in [2.24, 2.45) is 11.8 Å². The highest BCUT2D eigenvalue weighted by molar-refractivity contribution is 5.96. The van der Waals surface area contributed by atoms with Gasteiger partial charge in [-0.05, 0) is 55.0 Å². The van der Waals surface area contributed by atoms with Crippen LogP contribution in [0.3, 0.4) is 0 Å². The Morgan fingerprint density at radius 3 is 2.55 bits per heavy atom. The molecule has 0 unspecified atom stereocenters. The number of nitrogens with zero attached hydrogens (tertiary/aromatic N) is 2. The Balaban J connectivity index is 1.64. The van der Waals surface area contributed by atoms with E-state index in [1.165, 1.54) is 6.42 Å². The molecule has 1 aromatic carbocycles. The average molecular weight is 427 g/mol. The third kappa shape index (κ3) is 6.40. The van der Waals surface area contributed by atoms with Crippen molar-refractivity contribution in [3.05, 3.63) is 29.8 Å². The topological polar surface area (TPSA) is 83.6 Å². The van der Waals surface area contributed by atoms with E-state index in [-0.39, 0.29) is 24.7 Å². The molecule has 0 aliphatic carbocycles. The lowest BCUT2D eigenvalue weighted by Crippen LogP contribution is -2.39. The third-order valence-electron chi connectivity index (χ3n) is 5.69. The van der Waals surface area contributed by atoms with E-state index in [0.29, 0.717) is 25.0 Å². The third-order valence-corrected chi connectivity index (χ3v) is 5.69. The molecule has 1 saturated heterocycles. The number of benzene rings is 1. The maximum atomic E-state index is 12.3. The summed E-state index contributed by atoms with van der Waals surface area (Å²) in [6, 6.07) is 7.93. The molecule has 1 aliphatic rings. The molecular formula is C24H34N4O3. The molecular weight excluding hydrogens is 392 g/mol. The zero-order valence-corrected chi connectivity index (χ0v) is 19.0. The monoisotopic (exact) mass is 426 g/mol. The van der Waals surface area contributed by atoms with Gasteiger partial charge in [0.25, 0.3) is 0 Å². The van der Waals surface area contributed by atoms with E-state index in [0.717, 1.165) is 41.1 Å². The summed E-state index contributed by atoms with van der Waals surface area (Å²) in [7, 11) is 1.58. The van der Waals surface area contributed by atoms with Crippen molar-refractivity contribution in [2.75, 3.05) is 43.6 Å². The lowest BCUT2D eigenvalue weighted by Gasteiger charge is -2.36. The van der Waals surface area contributed by atoms with Crippen molar-refractivity contribution >= 4 is 34.2 Å². The van der Waals surface area contributed by atoms with Crippen LogP contribution < -0.4 is 15.5 Å². The summed E-state index contributed by atoms with van der Waals surface area (Å²) in [6.07, 6.45) is 1.55. The smallest absolute Gasteiger partial charge is 0.224 e. The van der Waals surface area contributed by atoms with Gasteiger partial charge in [-0.15, -0.1) is 0 Å². The van der Waals surface area contributed by atoms with Crippen LogP contribution in [0.25, 0.3) is 10.9 Å². The van der Waals surface area contributed by atoms with Gasteiger partial charge in [-0.25, -0.2) is 4.98 Å². The number of rotatable bonds is 8. The van der Waals surface area contributed by atoms with Gasteiger partial charge in [0.05, 0.1) is 12.1 Å². The Morgan fingerprint density at radius 1 is 1.13 bits per heavy atom. The lowest BCUT2D eigenvalue weighted by molar-refractivity contribution is -0.124. The Hall–Kier alpha value is -2.67. The number of amides is 2. The Morgan fingerprint density at radius 2 is 1.84 bits per heavy atom. The number of pyridine rings is 1. The van der Waals surface area contributed by atoms with E-state index in [4.69, 9.17) is 9.72 Å². The largest absolute Gasteiger partial charge is 0.383 e. The zero-order chi connectivity index (χ0) is 22.4. The predicted octanol–water partition coefficient (Wildman–Crippen LogP) is 3.51. The van der Waals surface area contributed by atoms with Crippen LogP contribution in [0.15, 0.2) is 24.3 Å². The van der Waals surface area contributed by atoms with Crippen LogP contribution in [-0.2, 0) is 14.3 Å². The summed E-state index contributed by atoms with van der Waals surface area (Å²) in [5.74, 6) is 2.03. The quantitative estimate of drug-likeness (QED) is 0.631. The zero-order valence-electron chi connectivity index (χ0n) is 19.0. The first kappa shape index (κ1) is 23.0. The van der Waals surface area contributed by atoms with Gasteiger partial charge in [0.2, 0.25) is 11.8 Å². The first-order valence-corrected chi connectivity index (χ1v) is 11.1. The molecule has 1 aliphatic heterocycles. The predicted molar refractivity (Wildman–Crippen MR) is 124 cm³/mol. The highest BCUT2D eigenvalue weighted by atomic mass is 16.5. The highest BCUT2D eigenvalue weighted by Gasteiger charge is 2.23. The fourth-order valence-corrected chi connectivity index (χ4v) is 4.30. The second-order valence-electron chi connectivity index (χ2n) is 8.77. The van der Waals surface area contributed by atoms with Crippen molar-refractivity contribution in [2.45, 2.75) is 40.0 Å². The van der Waals surface area contributed by atoms with E-state index in [1.807, 2.05) is 18.2 Å². The number of methoxy groups -OCH3 is 1. The van der Waals surface area contributed by atoms with Gasteiger partial charge in [0, 0.05) is 50.7 Å². The van der Waals surface area contributed by atoms with Crippen LogP contribution in [0.2, 0.25) is 0 Å². The summed E-state index contributed by atoms with van der Waals surface area (Å²) in [5.41, 5.74) is 2.78. The van der Waals surface area contributed by atoms with E-state index in [1.54, 1.807) is 7.11 Å². The molecule has 1 fully saturated rings. The minimum atomic E-state index is -0.181. The second-order valence-corrected chi connectivity index (χ2v) is 8.77. The molecule has 0 bridgehead atoms. The van der Waals surface area contributed by atoms with Crippen molar-refractivity contribution in [3.63, 3.8) is 0 Å². The summed E-state index contributed by atoms with van der Waals surface area (Å²) >= 11 is 0. The number of anilines is 2. The number of carbonyl (C=O) groups is 2. The van der Waals surface area contributed by atoms with Crippen LogP contribution in [0.1, 0.15) is 38.7 Å². The van der Waals surface area contributed by atoms with E-state index in [9.17, 15) is 9.59 Å². The molecule has 2 heterocycles. The van der Waals surface area contributed by atoms with Crippen molar-refractivity contribution in [1.29, 1.82) is 0 Å². The summed E-state index contributed by atoms with van der Waals surface area (Å²) in [4.78, 5) is 31.3. The van der Waals surface area contributed by atoms with Crippen LogP contribution in [0.4, 0.5) is 11.5 Å². The molecule has 0 saturated carbocycles. The number of piperidine rings is 1. The SMILES string of the molecule is COCCNC(=O)CCC(=O)Nc1ccc2nc(N3C[C@H](C)C[C@H](C)C3)cc(C)c2c1. The molecule has 31 heavy (non-hydrogen) atoms. The molecule has 2 N–H and O–H groups in total. The van der Waals surface area contributed by atoms with Gasteiger partial charge >= 0.3 is 0 Å². The van der Waals surface area contributed by atoms with Crippen molar-refractivity contribution < 1.29 is 14.3 Å². The standard InChI is InChI=1S/C24H34N4O3/c1-16-11-17(2)15-28(14-16)22-12-18(3)20-13-19(5-6-21(20)27-22)26-24(30)8-7-23(29)25-9-10-31-4/h5-6,12-13,16-17H,7-11,14-15H2,1-4H3,(H,25,29)(H,26,30)/t16-,17+. The minimum Gasteiger partial charge on any atom is -0.383 e. The van der Waals surface area contributed by atoms with Gasteiger partial charge in [-0.1, -0.05) is 13.8 Å². The Kier molecular flexibility index (Phi) is 7.85. The summed E-state index contributed by atoms with van der Waals surface area (Å²) in [5, 5.41) is 6.63. The maximum absolute atomic E-state index is 12.3. The number of aromatic nitrogens is 1. The number of carbonyl (C=O) groups excluding carboxylic acids is 2. The van der Waals surface area contributed by atoms with Gasteiger partial charge in [0.1, 0.15) is 5.82 Å². The van der Waals surface area contributed by atoms with E-state index < -0.39 is 0 Å². The average Bonchev–Trinajstić information content (AvgIpc) is 2.72. The van der Waals surface area contributed by atoms with Gasteiger partial charge in [-0.2, -0.15) is 0 Å². The molecule has 168 valence electrons. The van der Waals surface area contributed by atoms with Crippen LogP contribution in [0, 0.1) is 18.8 Å². The van der Waals surface area contributed by atoms with Gasteiger partial charge < -0.3 is 20.3 Å². The highest BCUT2D eigenvalue weighted by Crippen LogP contribution is 2.29. The normalized spacial score (nSPS) is 18.8. The molecule has 3 rings (SSSR count). The van der Waals surface area contributed by atoms with Crippen LogP contribution in [-0.4, -0.2) is 50.1 Å². The van der Waals surface area contributed by atoms with Crippen molar-refractivity contribution in [1.82, 2.24) is 10.3 Å². The first-order chi connectivity index (χ1) is 14.9. The van der Waals surface area contributed by atoms with E-state index >= 15 is 0 Å². The number of hydrogen-bond donors (Lipinski definition) is 2. The van der Waals surface area contributed by atoms with Gasteiger partial charge in [-0.3, -0.25) is 9.59 Å². The lowest BCUT2D eigenvalue weighted by atomic mass is 9.92. The molecule has 0 spiro atoms. The molecule has 2 aromatic rings. The molecule has 2 amide bonds. The molecule has 7 nitrogen and oxygen atoms in total. The fourth-order valence-electron chi connectivity index (χ4n) is 4.30. The Labute approximate surface area is 184 Å². The molecule has 2 atom stereocenters. The Bertz CT molecular complexity index is 920. The number of aryl methyl sites for hydroxylation is 1. The van der Waals surface area contributed by atoms with Gasteiger partial charge in [0.15, 0.2) is 0 Å². The maximum Gasteiger partial charge on any atom is 0.224 e. The number of ether oxygens (including phenoxy) is 1. The molecule has 1 aromatic heterocycles.